The highest BCUT2D eigenvalue weighted by atomic mass is 16.5. The van der Waals surface area contributed by atoms with Crippen LogP contribution in [0.2, 0.25) is 0 Å². The van der Waals surface area contributed by atoms with Gasteiger partial charge in [-0.25, -0.2) is 0 Å². The van der Waals surface area contributed by atoms with Crippen molar-refractivity contribution in [1.82, 2.24) is 0 Å². The summed E-state index contributed by atoms with van der Waals surface area (Å²) >= 11 is 0. The number of hydrogen-bond acceptors (Lipinski definition) is 6. The van der Waals surface area contributed by atoms with Crippen LogP contribution in [-0.2, 0) is 35.3 Å². The predicted molar refractivity (Wildman–Crippen MR) is 181 cm³/mol. The first-order valence-electron chi connectivity index (χ1n) is 18.0. The molecule has 0 heterocycles. The summed E-state index contributed by atoms with van der Waals surface area (Å²) < 4.78 is 11.4. The number of ether oxygens (including phenoxy) is 2. The highest BCUT2D eigenvalue weighted by Crippen LogP contribution is 2.75. The molecule has 0 N–H and O–H groups in total. The first-order chi connectivity index (χ1) is 21.9. The molecule has 6 heteroatoms. The summed E-state index contributed by atoms with van der Waals surface area (Å²) in [5.74, 6) is -0.406. The minimum Gasteiger partial charge on any atom is -0.460 e. The largest absolute Gasteiger partial charge is 0.460 e. The van der Waals surface area contributed by atoms with Crippen LogP contribution in [0.15, 0.2) is 42.0 Å². The van der Waals surface area contributed by atoms with Gasteiger partial charge in [0.1, 0.15) is 13.2 Å². The molecule has 0 bridgehead atoms. The average Bonchev–Trinajstić information content (AvgIpc) is 3.00. The summed E-state index contributed by atoms with van der Waals surface area (Å²) in [4.78, 5) is 53.3. The van der Waals surface area contributed by atoms with E-state index in [1.54, 1.807) is 0 Å². The van der Waals surface area contributed by atoms with Gasteiger partial charge >= 0.3 is 11.9 Å². The molecule has 1 aromatic rings. The second-order valence-corrected chi connectivity index (χ2v) is 18.0. The number of benzene rings is 1. The minimum atomic E-state index is -0.595. The maximum Gasteiger partial charge on any atom is 0.312 e. The first-order valence-corrected chi connectivity index (χ1v) is 18.0. The average molecular weight is 645 g/mol. The van der Waals surface area contributed by atoms with Crippen molar-refractivity contribution in [1.29, 1.82) is 0 Å². The molecule has 0 saturated heterocycles. The van der Waals surface area contributed by atoms with E-state index in [2.05, 4.69) is 48.5 Å². The molecule has 6 nitrogen and oxygen atoms in total. The van der Waals surface area contributed by atoms with Crippen molar-refractivity contribution in [3.8, 4) is 0 Å². The molecule has 9 atom stereocenters. The molecular weight excluding hydrogens is 588 g/mol. The zero-order valence-electron chi connectivity index (χ0n) is 30.0. The monoisotopic (exact) mass is 644 g/mol. The van der Waals surface area contributed by atoms with E-state index in [4.69, 9.17) is 9.47 Å². The third-order valence-electron chi connectivity index (χ3n) is 15.0. The van der Waals surface area contributed by atoms with Crippen molar-refractivity contribution in [2.45, 2.75) is 120 Å². The molecule has 256 valence electrons. The number of fused-ring (bicyclic) bond motifs is 7. The van der Waals surface area contributed by atoms with E-state index in [-0.39, 0.29) is 87.5 Å². The maximum atomic E-state index is 14.7. The lowest BCUT2D eigenvalue weighted by molar-refractivity contribution is -0.200. The second-order valence-electron chi connectivity index (χ2n) is 18.0. The van der Waals surface area contributed by atoms with Gasteiger partial charge in [0.05, 0.1) is 11.3 Å². The fourth-order valence-corrected chi connectivity index (χ4v) is 12.0. The molecule has 5 aliphatic carbocycles. The van der Waals surface area contributed by atoms with Crippen LogP contribution in [0.4, 0.5) is 0 Å². The summed E-state index contributed by atoms with van der Waals surface area (Å²) in [6.07, 6.45) is 9.98. The molecule has 4 fully saturated rings. The zero-order chi connectivity index (χ0) is 34.2. The number of hydrogen-bond donors (Lipinski definition) is 0. The highest BCUT2D eigenvalue weighted by molar-refractivity contribution is 5.96. The quantitative estimate of drug-likeness (QED) is 0.289. The van der Waals surface area contributed by atoms with Gasteiger partial charge in [0.2, 0.25) is 0 Å². The Labute approximate surface area is 281 Å². The molecule has 0 unspecified atom stereocenters. The molecular formula is C41H56O6. The van der Waals surface area contributed by atoms with Gasteiger partial charge in [0.25, 0.3) is 0 Å². The summed E-state index contributed by atoms with van der Waals surface area (Å²) in [5, 5.41) is 0. The van der Waals surface area contributed by atoms with Gasteiger partial charge < -0.3 is 9.47 Å². The Morgan fingerprint density at radius 2 is 1.51 bits per heavy atom. The van der Waals surface area contributed by atoms with Crippen molar-refractivity contribution >= 4 is 23.5 Å². The first kappa shape index (κ1) is 34.1. The maximum absolute atomic E-state index is 14.7. The Morgan fingerprint density at radius 3 is 2.19 bits per heavy atom. The Balaban J connectivity index is 1.30. The zero-order valence-corrected chi connectivity index (χ0v) is 30.0. The number of ketones is 2. The van der Waals surface area contributed by atoms with Crippen LogP contribution < -0.4 is 0 Å². The van der Waals surface area contributed by atoms with Crippen LogP contribution in [0, 0.1) is 56.2 Å². The fraction of sp³-hybridized carbons (Fsp3) is 0.707. The normalized spacial score (nSPS) is 42.0. The third-order valence-corrected chi connectivity index (χ3v) is 15.0. The smallest absolute Gasteiger partial charge is 0.312 e. The third kappa shape index (κ3) is 5.17. The summed E-state index contributed by atoms with van der Waals surface area (Å²) in [7, 11) is 0. The van der Waals surface area contributed by atoms with Gasteiger partial charge in [-0.15, -0.1) is 0 Å². The molecule has 47 heavy (non-hydrogen) atoms. The fourth-order valence-electron chi connectivity index (χ4n) is 12.0. The van der Waals surface area contributed by atoms with Crippen molar-refractivity contribution in [3.63, 3.8) is 0 Å². The summed E-state index contributed by atoms with van der Waals surface area (Å²) in [6.45, 7) is 17.5. The number of esters is 2. The molecule has 0 aliphatic heterocycles. The lowest BCUT2D eigenvalue weighted by Crippen LogP contribution is -2.66. The molecule has 0 spiro atoms. The number of carbonyl (C=O) groups excluding carboxylic acids is 4. The Hall–Kier alpha value is -2.76. The lowest BCUT2D eigenvalue weighted by atomic mass is 9.33. The van der Waals surface area contributed by atoms with E-state index in [0.717, 1.165) is 50.5 Å². The van der Waals surface area contributed by atoms with Crippen molar-refractivity contribution in [2.24, 2.45) is 56.2 Å². The van der Waals surface area contributed by atoms with Crippen molar-refractivity contribution < 1.29 is 28.7 Å². The van der Waals surface area contributed by atoms with E-state index < -0.39 is 5.41 Å². The summed E-state index contributed by atoms with van der Waals surface area (Å²) in [6, 6.07) is 9.86. The Kier molecular flexibility index (Phi) is 8.28. The molecule has 4 saturated carbocycles. The van der Waals surface area contributed by atoms with Crippen LogP contribution in [0.25, 0.3) is 0 Å². The van der Waals surface area contributed by atoms with E-state index in [0.29, 0.717) is 12.8 Å². The number of rotatable bonds is 6. The lowest BCUT2D eigenvalue weighted by Gasteiger charge is -2.70. The summed E-state index contributed by atoms with van der Waals surface area (Å²) in [5.41, 5.74) is 0.738. The van der Waals surface area contributed by atoms with Crippen LogP contribution in [0.1, 0.15) is 119 Å². The Morgan fingerprint density at radius 1 is 0.830 bits per heavy atom. The van der Waals surface area contributed by atoms with Gasteiger partial charge in [0.15, 0.2) is 11.6 Å². The number of allylic oxidation sites excluding steroid dienone is 2. The van der Waals surface area contributed by atoms with Crippen molar-refractivity contribution in [3.05, 3.63) is 47.5 Å². The van der Waals surface area contributed by atoms with Crippen LogP contribution in [0.3, 0.4) is 0 Å². The minimum absolute atomic E-state index is 0.0510. The van der Waals surface area contributed by atoms with Gasteiger partial charge in [-0.2, -0.15) is 0 Å². The molecule has 0 aromatic heterocycles. The standard InChI is InChI=1S/C41H56O6/c1-26(42)24-46-34(44)28-14-16-39(6)32(36(28,2)3)15-17-41(8)33(39)31(43)22-29-30-23-38(5,19-18-37(30,4)20-21-40(29,41)7)35(45)47-25-27-12-10-9-11-13-27/h9-13,22,28,30,32-33H,14-21,23-25H2,1-8H3/t28-,30+,32+,33-,37-,38+,39+,40-,41-/m1/s1. The molecule has 1 aromatic carbocycles. The van der Waals surface area contributed by atoms with Gasteiger partial charge in [-0.3, -0.25) is 19.2 Å². The van der Waals surface area contributed by atoms with E-state index in [1.165, 1.54) is 12.5 Å². The highest BCUT2D eigenvalue weighted by Gasteiger charge is 2.70. The number of carbonyl (C=O) groups is 4. The molecule has 5 aliphatic rings. The van der Waals surface area contributed by atoms with E-state index in [9.17, 15) is 19.2 Å². The second kappa shape index (κ2) is 11.4. The van der Waals surface area contributed by atoms with Gasteiger partial charge in [-0.05, 0) is 122 Å². The van der Waals surface area contributed by atoms with Crippen LogP contribution >= 0.6 is 0 Å². The Bertz CT molecular complexity index is 1490. The molecule has 0 radical (unpaired) electrons. The number of Topliss-reactive ketones (excluding diaryl/α,β-unsaturated/α-hetero) is 1. The molecule has 0 amide bonds. The van der Waals surface area contributed by atoms with Crippen molar-refractivity contribution in [2.75, 3.05) is 6.61 Å². The van der Waals surface area contributed by atoms with E-state index >= 15 is 0 Å². The SMILES string of the molecule is CC(=O)COC(=O)[C@H]1CC[C@]2(C)[C@H]3C(=O)C=C4[C@@H]5C[C@@](C)(C(=O)OCc6ccccc6)CC[C@]5(C)CC[C@@]4(C)[C@]3(C)CC[C@H]2C1(C)C. The van der Waals surface area contributed by atoms with Crippen LogP contribution in [-0.4, -0.2) is 30.1 Å². The van der Waals surface area contributed by atoms with E-state index in [1.807, 2.05) is 36.4 Å². The van der Waals surface area contributed by atoms with Gasteiger partial charge in [0, 0.05) is 5.92 Å². The topological polar surface area (TPSA) is 86.7 Å². The van der Waals surface area contributed by atoms with Crippen LogP contribution in [0.5, 0.6) is 0 Å². The van der Waals surface area contributed by atoms with Gasteiger partial charge in [-0.1, -0.05) is 77.4 Å². The molecule has 6 rings (SSSR count). The predicted octanol–water partition coefficient (Wildman–Crippen LogP) is 8.46.